The Kier molecular flexibility index (Phi) is 6.50. The van der Waals surface area contributed by atoms with Crippen molar-refractivity contribution >= 4 is 17.8 Å². The van der Waals surface area contributed by atoms with Crippen LogP contribution in [-0.4, -0.2) is 34.0 Å². The Morgan fingerprint density at radius 2 is 2.00 bits per heavy atom. The van der Waals surface area contributed by atoms with Gasteiger partial charge in [0.15, 0.2) is 0 Å². The summed E-state index contributed by atoms with van der Waals surface area (Å²) in [6.07, 6.45) is 8.28. The van der Waals surface area contributed by atoms with E-state index in [4.69, 9.17) is 4.74 Å². The summed E-state index contributed by atoms with van der Waals surface area (Å²) in [6, 6.07) is 13.7. The van der Waals surface area contributed by atoms with Crippen LogP contribution in [0.5, 0.6) is 11.6 Å². The Morgan fingerprint density at radius 1 is 1.12 bits per heavy atom. The second-order valence-electron chi connectivity index (χ2n) is 8.35. The minimum atomic E-state index is -0.0794. The van der Waals surface area contributed by atoms with Crippen LogP contribution in [0.15, 0.2) is 66.6 Å². The summed E-state index contributed by atoms with van der Waals surface area (Å²) in [5.74, 6) is 1.61. The van der Waals surface area contributed by atoms with Crippen molar-refractivity contribution in [1.82, 2.24) is 14.9 Å². The molecule has 32 heavy (non-hydrogen) atoms. The van der Waals surface area contributed by atoms with E-state index >= 15 is 0 Å². The highest BCUT2D eigenvalue weighted by molar-refractivity contribution is 5.89. The van der Waals surface area contributed by atoms with Crippen LogP contribution in [0.2, 0.25) is 0 Å². The number of anilines is 1. The number of likely N-dealkylation sites (tertiary alicyclic amines) is 1. The molecule has 1 saturated heterocycles. The first-order valence-electron chi connectivity index (χ1n) is 10.8. The molecule has 6 heteroatoms. The summed E-state index contributed by atoms with van der Waals surface area (Å²) in [5, 5.41) is 2.95. The van der Waals surface area contributed by atoms with Crippen molar-refractivity contribution in [3.05, 3.63) is 83.3 Å². The smallest absolute Gasteiger partial charge is 0.321 e. The largest absolute Gasteiger partial charge is 0.439 e. The Labute approximate surface area is 189 Å². The van der Waals surface area contributed by atoms with Gasteiger partial charge in [-0.25, -0.2) is 9.78 Å². The molecule has 1 N–H and O–H groups in total. The van der Waals surface area contributed by atoms with Crippen LogP contribution < -0.4 is 10.1 Å². The number of ether oxygens (including phenoxy) is 1. The van der Waals surface area contributed by atoms with Gasteiger partial charge in [-0.15, -0.1) is 0 Å². The number of urea groups is 1. The number of carbonyl (C=O) groups is 1. The number of benzene rings is 1. The van der Waals surface area contributed by atoms with Crippen molar-refractivity contribution in [1.29, 1.82) is 0 Å². The number of hydrogen-bond acceptors (Lipinski definition) is 4. The molecule has 0 saturated carbocycles. The molecule has 1 aliphatic heterocycles. The molecule has 2 amide bonds. The van der Waals surface area contributed by atoms with Gasteiger partial charge in [0.1, 0.15) is 5.75 Å². The molecule has 2 aromatic heterocycles. The zero-order valence-electron chi connectivity index (χ0n) is 18.7. The predicted octanol–water partition coefficient (Wildman–Crippen LogP) is 5.84. The summed E-state index contributed by atoms with van der Waals surface area (Å²) in [6.45, 7) is 7.49. The molecule has 1 fully saturated rings. The van der Waals surface area contributed by atoms with Crippen molar-refractivity contribution < 1.29 is 9.53 Å². The van der Waals surface area contributed by atoms with Gasteiger partial charge in [-0.2, -0.15) is 0 Å². The lowest BCUT2D eigenvalue weighted by atomic mass is 9.91. The van der Waals surface area contributed by atoms with E-state index in [9.17, 15) is 4.79 Å². The van der Waals surface area contributed by atoms with Gasteiger partial charge < -0.3 is 15.0 Å². The Hall–Kier alpha value is -3.67. The second kappa shape index (κ2) is 9.64. The highest BCUT2D eigenvalue weighted by Crippen LogP contribution is 2.27. The number of carbonyl (C=O) groups excluding carboxylic acids is 1. The number of aryl methyl sites for hydroxylation is 2. The lowest BCUT2D eigenvalue weighted by molar-refractivity contribution is 0.198. The summed E-state index contributed by atoms with van der Waals surface area (Å²) < 4.78 is 5.90. The topological polar surface area (TPSA) is 67.3 Å². The fraction of sp³-hybridized carbons (Fsp3) is 0.269. The van der Waals surface area contributed by atoms with Gasteiger partial charge in [0, 0.05) is 31.5 Å². The van der Waals surface area contributed by atoms with E-state index in [1.54, 1.807) is 18.6 Å². The molecule has 1 aromatic carbocycles. The van der Waals surface area contributed by atoms with Crippen LogP contribution in [0.4, 0.5) is 10.5 Å². The lowest BCUT2D eigenvalue weighted by Crippen LogP contribution is -2.42. The summed E-state index contributed by atoms with van der Waals surface area (Å²) in [4.78, 5) is 23.0. The quantitative estimate of drug-likeness (QED) is 0.567. The van der Waals surface area contributed by atoms with Gasteiger partial charge in [0.2, 0.25) is 5.88 Å². The van der Waals surface area contributed by atoms with Crippen LogP contribution in [0.25, 0.3) is 6.08 Å². The molecule has 1 aliphatic rings. The van der Waals surface area contributed by atoms with Gasteiger partial charge in [0.25, 0.3) is 0 Å². The zero-order valence-corrected chi connectivity index (χ0v) is 18.7. The maximum absolute atomic E-state index is 12.7. The minimum Gasteiger partial charge on any atom is -0.439 e. The first-order valence-corrected chi connectivity index (χ1v) is 10.8. The van der Waals surface area contributed by atoms with E-state index in [0.717, 1.165) is 34.5 Å². The summed E-state index contributed by atoms with van der Waals surface area (Å²) in [7, 11) is 0. The molecule has 3 heterocycles. The van der Waals surface area contributed by atoms with Crippen molar-refractivity contribution in [2.75, 3.05) is 18.4 Å². The lowest BCUT2D eigenvalue weighted by Gasteiger charge is -2.33. The number of aromatic nitrogens is 2. The van der Waals surface area contributed by atoms with Crippen molar-refractivity contribution in [2.24, 2.45) is 5.92 Å². The molecule has 3 aromatic rings. The molecule has 0 radical (unpaired) electrons. The zero-order chi connectivity index (χ0) is 22.5. The number of nitrogens with zero attached hydrogens (tertiary/aromatic N) is 3. The van der Waals surface area contributed by atoms with Crippen LogP contribution >= 0.6 is 0 Å². The third-order valence-corrected chi connectivity index (χ3v) is 5.53. The maximum atomic E-state index is 12.7. The van der Waals surface area contributed by atoms with Gasteiger partial charge in [0.05, 0.1) is 11.9 Å². The van der Waals surface area contributed by atoms with Gasteiger partial charge in [-0.3, -0.25) is 4.98 Å². The predicted molar refractivity (Wildman–Crippen MR) is 127 cm³/mol. The van der Waals surface area contributed by atoms with Crippen molar-refractivity contribution in [2.45, 2.75) is 27.2 Å². The SMILES string of the molecule is Cc1ccc(Oc2cccc(/C=C3\CCN(C(=O)Nc4cncc(C)c4)CC3C)c2)nc1. The molecular weight excluding hydrogens is 400 g/mol. The molecule has 1 atom stereocenters. The number of hydrogen-bond donors (Lipinski definition) is 1. The fourth-order valence-electron chi connectivity index (χ4n) is 3.79. The van der Waals surface area contributed by atoms with E-state index in [-0.39, 0.29) is 11.9 Å². The van der Waals surface area contributed by atoms with Gasteiger partial charge in [-0.05, 0) is 61.1 Å². The molecule has 0 spiro atoms. The number of amides is 2. The number of nitrogens with one attached hydrogen (secondary N) is 1. The maximum Gasteiger partial charge on any atom is 0.321 e. The monoisotopic (exact) mass is 428 g/mol. The van der Waals surface area contributed by atoms with E-state index in [0.29, 0.717) is 19.0 Å². The van der Waals surface area contributed by atoms with E-state index in [2.05, 4.69) is 34.4 Å². The van der Waals surface area contributed by atoms with E-state index in [1.165, 1.54) is 5.57 Å². The van der Waals surface area contributed by atoms with Crippen LogP contribution in [0.3, 0.4) is 0 Å². The summed E-state index contributed by atoms with van der Waals surface area (Å²) >= 11 is 0. The Morgan fingerprint density at radius 3 is 2.75 bits per heavy atom. The first kappa shape index (κ1) is 21.6. The highest BCUT2D eigenvalue weighted by atomic mass is 16.5. The molecular formula is C26H28N4O2. The molecule has 1 unspecified atom stereocenters. The van der Waals surface area contributed by atoms with E-state index in [1.807, 2.05) is 55.1 Å². The normalized spacial score (nSPS) is 17.3. The third kappa shape index (κ3) is 5.52. The van der Waals surface area contributed by atoms with Crippen LogP contribution in [0, 0.1) is 19.8 Å². The second-order valence-corrected chi connectivity index (χ2v) is 8.35. The van der Waals surface area contributed by atoms with Crippen LogP contribution in [-0.2, 0) is 0 Å². The third-order valence-electron chi connectivity index (χ3n) is 5.53. The van der Waals surface area contributed by atoms with Gasteiger partial charge in [-0.1, -0.05) is 36.8 Å². The number of piperidine rings is 1. The summed E-state index contributed by atoms with van der Waals surface area (Å²) in [5.41, 5.74) is 5.26. The average Bonchev–Trinajstić information content (AvgIpc) is 2.77. The van der Waals surface area contributed by atoms with Crippen molar-refractivity contribution in [3.63, 3.8) is 0 Å². The van der Waals surface area contributed by atoms with E-state index < -0.39 is 0 Å². The number of pyridine rings is 2. The number of rotatable bonds is 4. The molecule has 0 bridgehead atoms. The fourth-order valence-corrected chi connectivity index (χ4v) is 3.79. The highest BCUT2D eigenvalue weighted by Gasteiger charge is 2.24. The molecule has 164 valence electrons. The van der Waals surface area contributed by atoms with Crippen LogP contribution in [0.1, 0.15) is 30.0 Å². The first-order chi connectivity index (χ1) is 15.5. The molecule has 4 rings (SSSR count). The van der Waals surface area contributed by atoms with Gasteiger partial charge >= 0.3 is 6.03 Å². The van der Waals surface area contributed by atoms with Crippen molar-refractivity contribution in [3.8, 4) is 11.6 Å². The Bertz CT molecular complexity index is 1120. The average molecular weight is 429 g/mol. The minimum absolute atomic E-state index is 0.0794. The molecule has 6 nitrogen and oxygen atoms in total. The Balaban J connectivity index is 1.39. The standard InChI is InChI=1S/C26H28N4O2/c1-18-7-8-25(28-15-18)32-24-6-4-5-21(13-24)12-22-9-10-30(17-20(22)3)26(31)29-23-11-19(2)14-27-16-23/h4-8,11-16,20H,9-10,17H2,1-3H3,(H,29,31)/b22-12+. The molecule has 0 aliphatic carbocycles.